The normalized spacial score (nSPS) is 28.9. The van der Waals surface area contributed by atoms with Crippen molar-refractivity contribution in [2.75, 3.05) is 13.6 Å². The summed E-state index contributed by atoms with van der Waals surface area (Å²) in [6.45, 7) is 6.96. The van der Waals surface area contributed by atoms with E-state index < -0.39 is 0 Å². The Morgan fingerprint density at radius 3 is 2.38 bits per heavy atom. The van der Waals surface area contributed by atoms with Crippen LogP contribution >= 0.6 is 24.4 Å². The van der Waals surface area contributed by atoms with Crippen LogP contribution < -0.4 is 0 Å². The summed E-state index contributed by atoms with van der Waals surface area (Å²) in [5, 5.41) is 1.11. The first-order chi connectivity index (χ1) is 11.3. The zero-order chi connectivity index (χ0) is 17.5. The molecule has 0 aliphatic carbocycles. The van der Waals surface area contributed by atoms with E-state index in [9.17, 15) is 0 Å². The second kappa shape index (κ2) is 6.48. The Labute approximate surface area is 154 Å². The third kappa shape index (κ3) is 3.22. The number of ether oxygens (including phenoxy) is 2. The van der Waals surface area contributed by atoms with Gasteiger partial charge in [0, 0.05) is 7.05 Å². The lowest BCUT2D eigenvalue weighted by atomic mass is 9.98. The van der Waals surface area contributed by atoms with Gasteiger partial charge < -0.3 is 19.3 Å². The van der Waals surface area contributed by atoms with Gasteiger partial charge in [-0.1, -0.05) is 30.3 Å². The first-order valence-corrected chi connectivity index (χ1v) is 9.08. The first-order valence-electron chi connectivity index (χ1n) is 8.26. The average Bonchev–Trinajstić information content (AvgIpc) is 2.90. The number of hydrogen-bond acceptors (Lipinski definition) is 4. The zero-order valence-electron chi connectivity index (χ0n) is 14.6. The smallest absolute Gasteiger partial charge is 0.260 e. The number of benzene rings is 1. The summed E-state index contributed by atoms with van der Waals surface area (Å²) in [6, 6.07) is 10.8. The van der Waals surface area contributed by atoms with Crippen molar-refractivity contribution in [3.63, 3.8) is 0 Å². The molecule has 0 aromatic heterocycles. The topological polar surface area (TPSA) is 24.9 Å². The van der Waals surface area contributed by atoms with Crippen LogP contribution in [-0.2, 0) is 15.9 Å². The molecule has 2 saturated heterocycles. The Hall–Kier alpha value is -1.40. The lowest BCUT2D eigenvalue weighted by molar-refractivity contribution is 0.0910. The van der Waals surface area contributed by atoms with Crippen molar-refractivity contribution in [3.05, 3.63) is 35.9 Å². The van der Waals surface area contributed by atoms with Gasteiger partial charge in [-0.25, -0.2) is 0 Å². The molecule has 4 nitrogen and oxygen atoms in total. The van der Waals surface area contributed by atoms with Crippen LogP contribution in [0.15, 0.2) is 30.3 Å². The van der Waals surface area contributed by atoms with Gasteiger partial charge in [0.2, 0.25) is 0 Å². The second-order valence-electron chi connectivity index (χ2n) is 7.09. The van der Waals surface area contributed by atoms with Crippen molar-refractivity contribution >= 4 is 34.8 Å². The summed E-state index contributed by atoms with van der Waals surface area (Å²) in [5.41, 5.74) is 0.998. The molecule has 0 spiro atoms. The second-order valence-corrected chi connectivity index (χ2v) is 7.79. The zero-order valence-corrected chi connectivity index (χ0v) is 16.2. The minimum Gasteiger partial charge on any atom is -0.463 e. The van der Waals surface area contributed by atoms with E-state index in [1.54, 1.807) is 0 Å². The number of likely N-dealkylation sites (N-methyl/N-ethyl adjacent to an activating group) is 1. The molecule has 3 atom stereocenters. The summed E-state index contributed by atoms with van der Waals surface area (Å²) in [5.74, 6) is 0. The van der Waals surface area contributed by atoms with Crippen LogP contribution in [0.25, 0.3) is 0 Å². The fraction of sp³-hybridized carbons (Fsp3) is 0.556. The number of nitrogens with zero attached hydrogens (tertiary/aromatic N) is 2. The maximum atomic E-state index is 5.99. The minimum atomic E-state index is -0.281. The summed E-state index contributed by atoms with van der Waals surface area (Å²) < 4.78 is 11.8. The van der Waals surface area contributed by atoms with E-state index in [1.165, 1.54) is 5.56 Å². The van der Waals surface area contributed by atoms with Crippen LogP contribution in [0.4, 0.5) is 0 Å². The third-order valence-electron chi connectivity index (χ3n) is 5.19. The molecular formula is C18H24N2O2S2. The van der Waals surface area contributed by atoms with Crippen LogP contribution in [0, 0.1) is 0 Å². The van der Waals surface area contributed by atoms with Gasteiger partial charge in [0.15, 0.2) is 0 Å². The SMILES string of the molecule is C[C@@H]1N(CC2OC(=S)N(C)C2Cc2ccccc2)C(=S)OC1(C)C. The van der Waals surface area contributed by atoms with E-state index in [1.807, 2.05) is 13.1 Å². The molecule has 0 saturated carbocycles. The maximum Gasteiger partial charge on any atom is 0.260 e. The van der Waals surface area contributed by atoms with Crippen LogP contribution in [0.5, 0.6) is 0 Å². The predicted octanol–water partition coefficient (Wildman–Crippen LogP) is 3.00. The molecule has 2 unspecified atom stereocenters. The van der Waals surface area contributed by atoms with Crippen molar-refractivity contribution < 1.29 is 9.47 Å². The summed E-state index contributed by atoms with van der Waals surface area (Å²) in [6.07, 6.45) is 0.863. The van der Waals surface area contributed by atoms with Crippen LogP contribution in [0.3, 0.4) is 0 Å². The van der Waals surface area contributed by atoms with Gasteiger partial charge in [-0.3, -0.25) is 0 Å². The van der Waals surface area contributed by atoms with Gasteiger partial charge in [0.25, 0.3) is 10.3 Å². The van der Waals surface area contributed by atoms with E-state index in [2.05, 4.69) is 54.8 Å². The number of thiocarbonyl (C=S) groups is 2. The van der Waals surface area contributed by atoms with Crippen molar-refractivity contribution in [1.29, 1.82) is 0 Å². The lowest BCUT2D eigenvalue weighted by Gasteiger charge is -2.29. The van der Waals surface area contributed by atoms with Gasteiger partial charge in [-0.15, -0.1) is 0 Å². The number of rotatable bonds is 4. The first kappa shape index (κ1) is 17.4. The van der Waals surface area contributed by atoms with E-state index >= 15 is 0 Å². The highest BCUT2D eigenvalue weighted by molar-refractivity contribution is 7.80. The Morgan fingerprint density at radius 1 is 1.12 bits per heavy atom. The Morgan fingerprint density at radius 2 is 1.79 bits per heavy atom. The molecule has 3 rings (SSSR count). The van der Waals surface area contributed by atoms with Crippen molar-refractivity contribution in [1.82, 2.24) is 9.80 Å². The molecule has 1 aromatic carbocycles. The molecule has 24 heavy (non-hydrogen) atoms. The van der Waals surface area contributed by atoms with Crippen molar-refractivity contribution in [2.45, 2.75) is 51.0 Å². The monoisotopic (exact) mass is 364 g/mol. The molecule has 2 heterocycles. The highest BCUT2D eigenvalue weighted by atomic mass is 32.1. The Kier molecular flexibility index (Phi) is 4.71. The summed E-state index contributed by atoms with van der Waals surface area (Å²) >= 11 is 10.8. The van der Waals surface area contributed by atoms with E-state index in [4.69, 9.17) is 33.9 Å². The molecule has 0 radical (unpaired) electrons. The van der Waals surface area contributed by atoms with Gasteiger partial charge in [-0.05, 0) is 57.2 Å². The minimum absolute atomic E-state index is 0.0272. The van der Waals surface area contributed by atoms with Gasteiger partial charge in [0.1, 0.15) is 11.7 Å². The maximum absolute atomic E-state index is 5.99. The molecule has 2 fully saturated rings. The van der Waals surface area contributed by atoms with E-state index in [-0.39, 0.29) is 23.8 Å². The van der Waals surface area contributed by atoms with E-state index in [0.717, 1.165) is 6.42 Å². The van der Waals surface area contributed by atoms with Gasteiger partial charge >= 0.3 is 0 Å². The third-order valence-corrected chi connectivity index (χ3v) is 5.89. The molecule has 2 aliphatic heterocycles. The largest absolute Gasteiger partial charge is 0.463 e. The summed E-state index contributed by atoms with van der Waals surface area (Å²) in [7, 11) is 2.00. The Balaban J connectivity index is 1.76. The van der Waals surface area contributed by atoms with E-state index in [0.29, 0.717) is 16.9 Å². The van der Waals surface area contributed by atoms with Gasteiger partial charge in [-0.2, -0.15) is 0 Å². The summed E-state index contributed by atoms with van der Waals surface area (Å²) in [4.78, 5) is 4.18. The fourth-order valence-corrected chi connectivity index (χ4v) is 3.99. The molecule has 6 heteroatoms. The molecule has 2 aliphatic rings. The Bertz CT molecular complexity index is 635. The number of hydrogen-bond donors (Lipinski definition) is 0. The molecule has 0 bridgehead atoms. The standard InChI is InChI=1S/C18H24N2O2S2/c1-12-18(2,3)22-17(24)20(12)11-15-14(19(4)16(23)21-15)10-13-8-6-5-7-9-13/h5-9,12,14-15H,10-11H2,1-4H3/t12-,14?,15?/m0/s1. The lowest BCUT2D eigenvalue weighted by Crippen LogP contribution is -2.46. The average molecular weight is 365 g/mol. The molecule has 1 aromatic rings. The fourth-order valence-electron chi connectivity index (χ4n) is 3.29. The molecule has 0 N–H and O–H groups in total. The quantitative estimate of drug-likeness (QED) is 0.762. The van der Waals surface area contributed by atoms with Crippen LogP contribution in [0.1, 0.15) is 26.3 Å². The highest BCUT2D eigenvalue weighted by Crippen LogP contribution is 2.31. The van der Waals surface area contributed by atoms with Crippen LogP contribution in [-0.4, -0.2) is 57.5 Å². The predicted molar refractivity (Wildman–Crippen MR) is 103 cm³/mol. The molecule has 0 amide bonds. The molecular weight excluding hydrogens is 340 g/mol. The van der Waals surface area contributed by atoms with Crippen molar-refractivity contribution in [2.24, 2.45) is 0 Å². The van der Waals surface area contributed by atoms with Gasteiger partial charge in [0.05, 0.1) is 18.6 Å². The van der Waals surface area contributed by atoms with Crippen LogP contribution in [0.2, 0.25) is 0 Å². The van der Waals surface area contributed by atoms with Crippen molar-refractivity contribution in [3.8, 4) is 0 Å². The molecule has 130 valence electrons. The highest BCUT2D eigenvalue weighted by Gasteiger charge is 2.46.